The Bertz CT molecular complexity index is 604. The predicted octanol–water partition coefficient (Wildman–Crippen LogP) is 1.13. The predicted molar refractivity (Wildman–Crippen MR) is 67.5 cm³/mol. The van der Waals surface area contributed by atoms with Crippen LogP contribution in [0.5, 0.6) is 0 Å². The van der Waals surface area contributed by atoms with Crippen molar-refractivity contribution < 1.29 is 9.72 Å². The van der Waals surface area contributed by atoms with E-state index >= 15 is 0 Å². The van der Waals surface area contributed by atoms with Crippen molar-refractivity contribution in [1.29, 1.82) is 0 Å². The highest BCUT2D eigenvalue weighted by atomic mass is 16.6. The number of nitrogens with zero attached hydrogens (tertiary/aromatic N) is 3. The van der Waals surface area contributed by atoms with Crippen LogP contribution in [0.3, 0.4) is 0 Å². The summed E-state index contributed by atoms with van der Waals surface area (Å²) in [6.07, 6.45) is 3.82. The third kappa shape index (κ3) is 2.95. The molecule has 0 aliphatic rings. The Labute approximate surface area is 108 Å². The van der Waals surface area contributed by atoms with E-state index in [-0.39, 0.29) is 11.5 Å². The molecule has 0 atom stereocenters. The number of hydrogen-bond donors (Lipinski definition) is 1. The first-order valence-electron chi connectivity index (χ1n) is 5.62. The summed E-state index contributed by atoms with van der Waals surface area (Å²) in [5.74, 6) is -0.365. The first-order valence-corrected chi connectivity index (χ1v) is 5.62. The summed E-state index contributed by atoms with van der Waals surface area (Å²) in [5.41, 5.74) is 6.18. The second-order valence-corrected chi connectivity index (χ2v) is 3.98. The maximum atomic E-state index is 11.1. The lowest BCUT2D eigenvalue weighted by molar-refractivity contribution is -0.384. The van der Waals surface area contributed by atoms with Gasteiger partial charge in [0.05, 0.1) is 4.92 Å². The Morgan fingerprint density at radius 1 is 1.37 bits per heavy atom. The smallest absolute Gasteiger partial charge is 0.284 e. The normalized spacial score (nSPS) is 10.3. The van der Waals surface area contributed by atoms with Crippen LogP contribution in [0.25, 0.3) is 0 Å². The summed E-state index contributed by atoms with van der Waals surface area (Å²) in [6.45, 7) is 0.538. The van der Waals surface area contributed by atoms with Gasteiger partial charge in [-0.05, 0) is 12.0 Å². The lowest BCUT2D eigenvalue weighted by atomic mass is 10.1. The molecule has 0 bridgehead atoms. The quantitative estimate of drug-likeness (QED) is 0.642. The number of hydrogen-bond acceptors (Lipinski definition) is 4. The number of non-ortho nitro benzene ring substituents is 1. The second-order valence-electron chi connectivity index (χ2n) is 3.98. The summed E-state index contributed by atoms with van der Waals surface area (Å²) in [4.78, 5) is 25.0. The number of primary amides is 1. The molecule has 0 unspecified atom stereocenters. The van der Waals surface area contributed by atoms with Gasteiger partial charge >= 0.3 is 0 Å². The van der Waals surface area contributed by atoms with E-state index in [1.54, 1.807) is 22.9 Å². The average molecular weight is 260 g/mol. The molecule has 0 aliphatic heterocycles. The van der Waals surface area contributed by atoms with Gasteiger partial charge < -0.3 is 10.3 Å². The van der Waals surface area contributed by atoms with Gasteiger partial charge in [-0.1, -0.05) is 12.1 Å². The number of nitro groups is 1. The van der Waals surface area contributed by atoms with Crippen molar-refractivity contribution in [3.8, 4) is 0 Å². The SMILES string of the molecule is NC(=O)c1nccn1CCc1ccc([N+](=O)[O-])cc1. The molecule has 0 saturated heterocycles. The van der Waals surface area contributed by atoms with E-state index in [4.69, 9.17) is 5.73 Å². The molecule has 1 aromatic carbocycles. The fourth-order valence-electron chi connectivity index (χ4n) is 1.75. The summed E-state index contributed by atoms with van der Waals surface area (Å²) >= 11 is 0. The van der Waals surface area contributed by atoms with Gasteiger partial charge in [0.15, 0.2) is 5.82 Å². The van der Waals surface area contributed by atoms with Crippen LogP contribution >= 0.6 is 0 Å². The largest absolute Gasteiger partial charge is 0.363 e. The van der Waals surface area contributed by atoms with Gasteiger partial charge in [0.25, 0.3) is 11.6 Å². The van der Waals surface area contributed by atoms with Gasteiger partial charge in [-0.15, -0.1) is 0 Å². The van der Waals surface area contributed by atoms with E-state index in [0.717, 1.165) is 5.56 Å². The lowest BCUT2D eigenvalue weighted by Crippen LogP contribution is -2.18. The van der Waals surface area contributed by atoms with E-state index in [1.165, 1.54) is 18.3 Å². The summed E-state index contributed by atoms with van der Waals surface area (Å²) in [7, 11) is 0. The van der Waals surface area contributed by atoms with Crippen LogP contribution < -0.4 is 5.73 Å². The Kier molecular flexibility index (Phi) is 3.56. The molecule has 1 aromatic heterocycles. The molecule has 2 rings (SSSR count). The van der Waals surface area contributed by atoms with Crippen molar-refractivity contribution in [2.75, 3.05) is 0 Å². The van der Waals surface area contributed by atoms with Gasteiger partial charge in [-0.3, -0.25) is 14.9 Å². The molecule has 19 heavy (non-hydrogen) atoms. The number of nitrogens with two attached hydrogens (primary N) is 1. The average Bonchev–Trinajstić information content (AvgIpc) is 2.85. The third-order valence-corrected chi connectivity index (χ3v) is 2.72. The van der Waals surface area contributed by atoms with Gasteiger partial charge in [-0.2, -0.15) is 0 Å². The molecule has 0 aliphatic carbocycles. The fraction of sp³-hybridized carbons (Fsp3) is 0.167. The monoisotopic (exact) mass is 260 g/mol. The highest BCUT2D eigenvalue weighted by Gasteiger charge is 2.09. The van der Waals surface area contributed by atoms with E-state index in [0.29, 0.717) is 13.0 Å². The lowest BCUT2D eigenvalue weighted by Gasteiger charge is -2.05. The number of carbonyl (C=O) groups is 1. The zero-order valence-electron chi connectivity index (χ0n) is 10.0. The van der Waals surface area contributed by atoms with Crippen molar-refractivity contribution in [1.82, 2.24) is 9.55 Å². The molecule has 0 saturated carbocycles. The van der Waals surface area contributed by atoms with Crippen molar-refractivity contribution in [2.45, 2.75) is 13.0 Å². The molecule has 0 fully saturated rings. The molecule has 7 nitrogen and oxygen atoms in total. The van der Waals surface area contributed by atoms with Crippen molar-refractivity contribution in [3.05, 3.63) is 58.2 Å². The number of carbonyl (C=O) groups excluding carboxylic acids is 1. The molecule has 0 spiro atoms. The zero-order chi connectivity index (χ0) is 13.8. The third-order valence-electron chi connectivity index (χ3n) is 2.72. The minimum Gasteiger partial charge on any atom is -0.363 e. The Balaban J connectivity index is 2.04. The number of rotatable bonds is 5. The Hall–Kier alpha value is -2.70. The van der Waals surface area contributed by atoms with Crippen LogP contribution in [0, 0.1) is 10.1 Å². The van der Waals surface area contributed by atoms with Crippen LogP contribution in [-0.4, -0.2) is 20.4 Å². The molecular formula is C12H12N4O3. The van der Waals surface area contributed by atoms with Crippen molar-refractivity contribution >= 4 is 11.6 Å². The maximum absolute atomic E-state index is 11.1. The number of nitro benzene ring substituents is 1. The van der Waals surface area contributed by atoms with E-state index in [9.17, 15) is 14.9 Å². The standard InChI is InChI=1S/C12H12N4O3/c13-11(17)12-14-6-8-15(12)7-5-9-1-3-10(4-2-9)16(18)19/h1-4,6,8H,5,7H2,(H2,13,17). The molecule has 98 valence electrons. The van der Waals surface area contributed by atoms with Crippen LogP contribution in [0.15, 0.2) is 36.7 Å². The number of aryl methyl sites for hydroxylation is 2. The van der Waals surface area contributed by atoms with E-state index in [1.807, 2.05) is 0 Å². The topological polar surface area (TPSA) is 104 Å². The summed E-state index contributed by atoms with van der Waals surface area (Å²) in [6, 6.07) is 6.30. The molecule has 7 heteroatoms. The molecule has 1 heterocycles. The zero-order valence-corrected chi connectivity index (χ0v) is 10.0. The molecule has 0 radical (unpaired) electrons. The maximum Gasteiger partial charge on any atom is 0.284 e. The minimum absolute atomic E-state index is 0.0594. The molecule has 2 N–H and O–H groups in total. The Morgan fingerprint density at radius 3 is 2.63 bits per heavy atom. The van der Waals surface area contributed by atoms with Gasteiger partial charge in [0.1, 0.15) is 0 Å². The fourth-order valence-corrected chi connectivity index (χ4v) is 1.75. The van der Waals surface area contributed by atoms with Crippen LogP contribution in [-0.2, 0) is 13.0 Å². The number of aromatic nitrogens is 2. The molecule has 1 amide bonds. The first kappa shape index (κ1) is 12.7. The highest BCUT2D eigenvalue weighted by molar-refractivity contribution is 5.89. The van der Waals surface area contributed by atoms with E-state index < -0.39 is 10.8 Å². The van der Waals surface area contributed by atoms with E-state index in [2.05, 4.69) is 4.98 Å². The number of amides is 1. The van der Waals surface area contributed by atoms with Crippen LogP contribution in [0.2, 0.25) is 0 Å². The second kappa shape index (κ2) is 5.30. The Morgan fingerprint density at radius 2 is 2.05 bits per heavy atom. The van der Waals surface area contributed by atoms with Gasteiger partial charge in [-0.25, -0.2) is 4.98 Å². The van der Waals surface area contributed by atoms with Crippen LogP contribution in [0.4, 0.5) is 5.69 Å². The number of benzene rings is 1. The highest BCUT2D eigenvalue weighted by Crippen LogP contribution is 2.13. The van der Waals surface area contributed by atoms with Gasteiger partial charge in [0, 0.05) is 31.1 Å². The van der Waals surface area contributed by atoms with Gasteiger partial charge in [0.2, 0.25) is 0 Å². The first-order chi connectivity index (χ1) is 9.08. The van der Waals surface area contributed by atoms with Crippen LogP contribution in [0.1, 0.15) is 16.2 Å². The molecular weight excluding hydrogens is 248 g/mol. The minimum atomic E-state index is -0.575. The van der Waals surface area contributed by atoms with Crippen molar-refractivity contribution in [2.24, 2.45) is 5.73 Å². The van der Waals surface area contributed by atoms with Crippen molar-refractivity contribution in [3.63, 3.8) is 0 Å². The summed E-state index contributed by atoms with van der Waals surface area (Å²) in [5, 5.41) is 10.5. The molecule has 2 aromatic rings. The summed E-state index contributed by atoms with van der Waals surface area (Å²) < 4.78 is 1.66. The number of imidazole rings is 1.